The van der Waals surface area contributed by atoms with Gasteiger partial charge in [-0.25, -0.2) is 0 Å². The van der Waals surface area contributed by atoms with E-state index in [2.05, 4.69) is 52.1 Å². The zero-order valence-electron chi connectivity index (χ0n) is 10.6. The first-order valence-corrected chi connectivity index (χ1v) is 7.31. The van der Waals surface area contributed by atoms with E-state index in [9.17, 15) is 0 Å². The summed E-state index contributed by atoms with van der Waals surface area (Å²) in [4.78, 5) is 0. The maximum Gasteiger partial charge on any atom is 0.0885 e. The van der Waals surface area contributed by atoms with Gasteiger partial charge in [0.2, 0.25) is 0 Å². The van der Waals surface area contributed by atoms with Gasteiger partial charge in [-0.2, -0.15) is 0 Å². The number of hydrogen-bond acceptors (Lipinski definition) is 2. The van der Waals surface area contributed by atoms with Gasteiger partial charge in [0.15, 0.2) is 0 Å². The summed E-state index contributed by atoms with van der Waals surface area (Å²) < 4.78 is 6.33. The lowest BCUT2D eigenvalue weighted by atomic mass is 9.76. The minimum Gasteiger partial charge on any atom is -0.502 e. The Balaban J connectivity index is 1.65. The van der Waals surface area contributed by atoms with Crippen LogP contribution in [-0.2, 0) is 4.74 Å². The van der Waals surface area contributed by atoms with Gasteiger partial charge in [-0.3, -0.25) is 0 Å². The molecule has 1 aliphatic rings. The van der Waals surface area contributed by atoms with Gasteiger partial charge < -0.3 is 10.1 Å². The van der Waals surface area contributed by atoms with Gasteiger partial charge >= 0.3 is 0 Å². The van der Waals surface area contributed by atoms with E-state index in [4.69, 9.17) is 4.74 Å². The topological polar surface area (TPSA) is 21.3 Å². The molecule has 98 valence electrons. The van der Waals surface area contributed by atoms with Crippen LogP contribution in [-0.4, -0.2) is 19.2 Å². The third kappa shape index (κ3) is 3.59. The molecule has 0 bridgehead atoms. The summed E-state index contributed by atoms with van der Waals surface area (Å²) >= 11 is 3.63. The lowest BCUT2D eigenvalue weighted by Crippen LogP contribution is -2.40. The molecule has 1 saturated carbocycles. The number of hydrogen-bond donors (Lipinski definition) is 1. The summed E-state index contributed by atoms with van der Waals surface area (Å²) in [5, 5.41) is 3.57. The van der Waals surface area contributed by atoms with E-state index < -0.39 is 0 Å². The van der Waals surface area contributed by atoms with E-state index >= 15 is 0 Å². The molecule has 3 heteroatoms. The van der Waals surface area contributed by atoms with Crippen molar-refractivity contribution >= 4 is 15.9 Å². The van der Waals surface area contributed by atoms with Crippen LogP contribution in [0.2, 0.25) is 0 Å². The third-order valence-corrected chi connectivity index (χ3v) is 4.20. The highest BCUT2D eigenvalue weighted by Crippen LogP contribution is 2.39. The Kier molecular flexibility index (Phi) is 5.26. The van der Waals surface area contributed by atoms with Crippen molar-refractivity contribution in [2.75, 3.05) is 13.2 Å². The van der Waals surface area contributed by atoms with E-state index in [1.165, 1.54) is 29.1 Å². The molecule has 0 unspecified atom stereocenters. The SMILES string of the molecule is C=COCCCNC1CC(c2ccccc2Br)C1. The molecule has 2 rings (SSSR count). The van der Waals surface area contributed by atoms with Gasteiger partial charge in [-0.1, -0.05) is 40.7 Å². The van der Waals surface area contributed by atoms with Crippen molar-refractivity contribution in [2.45, 2.75) is 31.2 Å². The molecule has 0 radical (unpaired) electrons. The average Bonchev–Trinajstić information content (AvgIpc) is 2.33. The Labute approximate surface area is 118 Å². The molecule has 0 spiro atoms. The van der Waals surface area contributed by atoms with Gasteiger partial charge in [0, 0.05) is 10.5 Å². The molecule has 0 saturated heterocycles. The third-order valence-electron chi connectivity index (χ3n) is 3.47. The molecular weight excluding hydrogens is 290 g/mol. The summed E-state index contributed by atoms with van der Waals surface area (Å²) in [5.74, 6) is 0.711. The van der Waals surface area contributed by atoms with Crippen LogP contribution in [0.5, 0.6) is 0 Å². The van der Waals surface area contributed by atoms with Crippen LogP contribution in [0.15, 0.2) is 41.6 Å². The molecule has 0 atom stereocenters. The smallest absolute Gasteiger partial charge is 0.0885 e. The van der Waals surface area contributed by atoms with Gasteiger partial charge in [0.05, 0.1) is 12.9 Å². The van der Waals surface area contributed by atoms with Crippen LogP contribution in [0.3, 0.4) is 0 Å². The van der Waals surface area contributed by atoms with Crippen LogP contribution in [0, 0.1) is 0 Å². The van der Waals surface area contributed by atoms with Gasteiger partial charge in [0.1, 0.15) is 0 Å². The van der Waals surface area contributed by atoms with Crippen molar-refractivity contribution in [3.05, 3.63) is 47.1 Å². The number of nitrogens with one attached hydrogen (secondary N) is 1. The fourth-order valence-electron chi connectivity index (χ4n) is 2.39. The first-order chi connectivity index (χ1) is 8.81. The van der Waals surface area contributed by atoms with E-state index in [0.717, 1.165) is 19.6 Å². The Morgan fingerprint density at radius 3 is 2.89 bits per heavy atom. The quantitative estimate of drug-likeness (QED) is 0.610. The molecular formula is C15H20BrNO. The molecule has 0 aromatic heterocycles. The zero-order valence-corrected chi connectivity index (χ0v) is 12.2. The fraction of sp³-hybridized carbons (Fsp3) is 0.467. The molecule has 1 fully saturated rings. The number of rotatable bonds is 7. The number of halogens is 1. The summed E-state index contributed by atoms with van der Waals surface area (Å²) in [6, 6.07) is 9.21. The Morgan fingerprint density at radius 2 is 2.17 bits per heavy atom. The summed E-state index contributed by atoms with van der Waals surface area (Å²) in [7, 11) is 0. The normalized spacial score (nSPS) is 22.3. The predicted octanol–water partition coefficient (Wildman–Crippen LogP) is 3.83. The second-order valence-electron chi connectivity index (χ2n) is 4.73. The van der Waals surface area contributed by atoms with Crippen molar-refractivity contribution < 1.29 is 4.74 Å². The Bertz CT molecular complexity index is 388. The van der Waals surface area contributed by atoms with Gasteiger partial charge in [-0.15, -0.1) is 0 Å². The summed E-state index contributed by atoms with van der Waals surface area (Å²) in [6.07, 6.45) is 5.03. The highest BCUT2D eigenvalue weighted by Gasteiger charge is 2.30. The fourth-order valence-corrected chi connectivity index (χ4v) is 3.00. The van der Waals surface area contributed by atoms with E-state index in [1.54, 1.807) is 0 Å². The van der Waals surface area contributed by atoms with Crippen LogP contribution < -0.4 is 5.32 Å². The molecule has 2 nitrogen and oxygen atoms in total. The standard InChI is InChI=1S/C15H20BrNO/c1-2-18-9-5-8-17-13-10-12(11-13)14-6-3-4-7-15(14)16/h2-4,6-7,12-13,17H,1,5,8-11H2. The van der Waals surface area contributed by atoms with E-state index in [-0.39, 0.29) is 0 Å². The van der Waals surface area contributed by atoms with Crippen molar-refractivity contribution in [1.82, 2.24) is 5.32 Å². The molecule has 1 aromatic carbocycles. The lowest BCUT2D eigenvalue weighted by Gasteiger charge is -2.37. The lowest BCUT2D eigenvalue weighted by molar-refractivity contribution is 0.232. The van der Waals surface area contributed by atoms with E-state index in [1.807, 2.05) is 0 Å². The van der Waals surface area contributed by atoms with Crippen LogP contribution in [0.4, 0.5) is 0 Å². The number of ether oxygens (including phenoxy) is 1. The van der Waals surface area contributed by atoms with Crippen LogP contribution in [0.25, 0.3) is 0 Å². The molecule has 0 aliphatic heterocycles. The van der Waals surface area contributed by atoms with Crippen LogP contribution >= 0.6 is 15.9 Å². The predicted molar refractivity (Wildman–Crippen MR) is 78.7 cm³/mol. The maximum atomic E-state index is 5.09. The molecule has 18 heavy (non-hydrogen) atoms. The minimum absolute atomic E-state index is 0.672. The van der Waals surface area contributed by atoms with Crippen molar-refractivity contribution in [3.8, 4) is 0 Å². The highest BCUT2D eigenvalue weighted by molar-refractivity contribution is 9.10. The molecule has 1 aromatic rings. The Hall–Kier alpha value is -0.800. The molecule has 1 N–H and O–H groups in total. The minimum atomic E-state index is 0.672. The molecule has 1 aliphatic carbocycles. The monoisotopic (exact) mass is 309 g/mol. The highest BCUT2D eigenvalue weighted by atomic mass is 79.9. The Morgan fingerprint density at radius 1 is 1.39 bits per heavy atom. The van der Waals surface area contributed by atoms with Crippen molar-refractivity contribution in [2.24, 2.45) is 0 Å². The largest absolute Gasteiger partial charge is 0.502 e. The van der Waals surface area contributed by atoms with Crippen molar-refractivity contribution in [1.29, 1.82) is 0 Å². The first kappa shape index (κ1) is 13.6. The van der Waals surface area contributed by atoms with E-state index in [0.29, 0.717) is 12.0 Å². The summed E-state index contributed by atoms with van der Waals surface area (Å²) in [6.45, 7) is 5.32. The molecule has 0 heterocycles. The van der Waals surface area contributed by atoms with Crippen LogP contribution in [0.1, 0.15) is 30.7 Å². The second-order valence-corrected chi connectivity index (χ2v) is 5.59. The van der Waals surface area contributed by atoms with Gasteiger partial charge in [0.25, 0.3) is 0 Å². The zero-order chi connectivity index (χ0) is 12.8. The second kappa shape index (κ2) is 6.95. The average molecular weight is 310 g/mol. The summed E-state index contributed by atoms with van der Waals surface area (Å²) in [5.41, 5.74) is 1.45. The van der Waals surface area contributed by atoms with Gasteiger partial charge in [-0.05, 0) is 43.4 Å². The first-order valence-electron chi connectivity index (χ1n) is 6.51. The molecule has 0 amide bonds. The van der Waals surface area contributed by atoms with Crippen molar-refractivity contribution in [3.63, 3.8) is 0 Å². The maximum absolute atomic E-state index is 5.09. The number of benzene rings is 1.